The largest absolute Gasteiger partial charge is 0.492 e. The first kappa shape index (κ1) is 15.0. The summed E-state index contributed by atoms with van der Waals surface area (Å²) in [7, 11) is 0. The Labute approximate surface area is 146 Å². The Morgan fingerprint density at radius 2 is 1.75 bits per heavy atom. The predicted molar refractivity (Wildman–Crippen MR) is 94.2 cm³/mol. The summed E-state index contributed by atoms with van der Waals surface area (Å²) in [6.07, 6.45) is 0. The molecule has 24 heavy (non-hydrogen) atoms. The van der Waals surface area contributed by atoms with Crippen LogP contribution in [0.25, 0.3) is 5.57 Å². The fourth-order valence-electron chi connectivity index (χ4n) is 2.96. The van der Waals surface area contributed by atoms with Gasteiger partial charge in [0, 0.05) is 16.6 Å². The van der Waals surface area contributed by atoms with Crippen LogP contribution in [0.3, 0.4) is 0 Å². The van der Waals surface area contributed by atoms with Crippen LogP contribution in [0, 0.1) is 17.8 Å². The molecule has 1 aliphatic heterocycles. The molecule has 0 unspecified atom stereocenters. The molecule has 0 bridgehead atoms. The number of rotatable bonds is 2. The molecule has 0 saturated heterocycles. The predicted octanol–water partition coefficient (Wildman–Crippen LogP) is 2.07. The minimum absolute atomic E-state index is 0.0392. The molecule has 0 fully saturated rings. The standard InChI is InChI=1S/C17H13N3O2S2/c1-9-7-8-10(2)19(9)20-16(22)14(24-17(20)23)13-11-5-3-4-6-12(11)18-15(13)21/h3-8,22H,1-2H3. The molecule has 0 spiro atoms. The smallest absolute Gasteiger partial charge is 0.279 e. The van der Waals surface area contributed by atoms with E-state index in [1.54, 1.807) is 10.7 Å². The summed E-state index contributed by atoms with van der Waals surface area (Å²) in [6.45, 7) is 3.87. The molecule has 7 heteroatoms. The number of carbonyl (C=O) groups excluding carboxylic acids is 1. The van der Waals surface area contributed by atoms with Crippen molar-refractivity contribution in [3.05, 3.63) is 67.2 Å². The third-order valence-electron chi connectivity index (χ3n) is 4.04. The molecular formula is C17H13N3O2S2. The van der Waals surface area contributed by atoms with Crippen molar-refractivity contribution in [3.8, 4) is 5.88 Å². The number of fused-ring (bicyclic) bond motifs is 1. The van der Waals surface area contributed by atoms with Crippen LogP contribution in [-0.4, -0.2) is 20.4 Å². The van der Waals surface area contributed by atoms with Gasteiger partial charge in [0.15, 0.2) is 3.95 Å². The van der Waals surface area contributed by atoms with Gasteiger partial charge in [0.2, 0.25) is 5.88 Å². The van der Waals surface area contributed by atoms with Gasteiger partial charge in [0.1, 0.15) is 4.88 Å². The van der Waals surface area contributed by atoms with Crippen LogP contribution in [0.15, 0.2) is 41.4 Å². The average Bonchev–Trinajstić information content (AvgIpc) is 3.14. The van der Waals surface area contributed by atoms with Gasteiger partial charge in [-0.05, 0) is 44.3 Å². The fraction of sp³-hybridized carbons (Fsp3) is 0.118. The van der Waals surface area contributed by atoms with E-state index in [-0.39, 0.29) is 11.8 Å². The quantitative estimate of drug-likeness (QED) is 0.716. The molecule has 120 valence electrons. The minimum Gasteiger partial charge on any atom is -0.492 e. The highest BCUT2D eigenvalue weighted by Crippen LogP contribution is 2.33. The van der Waals surface area contributed by atoms with E-state index < -0.39 is 0 Å². The number of hydrogen-bond acceptors (Lipinski definition) is 4. The first-order valence-electron chi connectivity index (χ1n) is 7.32. The van der Waals surface area contributed by atoms with Crippen LogP contribution in [-0.2, 0) is 4.79 Å². The monoisotopic (exact) mass is 355 g/mol. The van der Waals surface area contributed by atoms with Crippen molar-refractivity contribution in [2.45, 2.75) is 13.8 Å². The number of amides is 1. The molecule has 3 heterocycles. The minimum atomic E-state index is -0.351. The maximum Gasteiger partial charge on any atom is 0.279 e. The number of carbonyl (C=O) groups is 1. The maximum atomic E-state index is 12.4. The van der Waals surface area contributed by atoms with Crippen molar-refractivity contribution < 1.29 is 9.90 Å². The second kappa shape index (κ2) is 5.25. The van der Waals surface area contributed by atoms with Crippen molar-refractivity contribution in [1.29, 1.82) is 0 Å². The first-order chi connectivity index (χ1) is 11.5. The lowest BCUT2D eigenvalue weighted by Crippen LogP contribution is -2.22. The Kier molecular flexibility index (Phi) is 3.29. The second-order valence-corrected chi connectivity index (χ2v) is 7.21. The fourth-order valence-corrected chi connectivity index (χ4v) is 4.28. The van der Waals surface area contributed by atoms with Gasteiger partial charge in [-0.2, -0.15) is 4.68 Å². The van der Waals surface area contributed by atoms with Crippen LogP contribution in [0.2, 0.25) is 0 Å². The van der Waals surface area contributed by atoms with Gasteiger partial charge >= 0.3 is 0 Å². The second-order valence-electron chi connectivity index (χ2n) is 5.57. The summed E-state index contributed by atoms with van der Waals surface area (Å²) in [6, 6.07) is 11.2. The van der Waals surface area contributed by atoms with E-state index in [4.69, 9.17) is 12.2 Å². The van der Waals surface area contributed by atoms with Crippen molar-refractivity contribution in [3.63, 3.8) is 0 Å². The van der Waals surface area contributed by atoms with Crippen molar-refractivity contribution >= 4 is 35.0 Å². The lowest BCUT2D eigenvalue weighted by atomic mass is 10.1. The zero-order valence-corrected chi connectivity index (χ0v) is 14.6. The molecule has 4 rings (SSSR count). The highest BCUT2D eigenvalue weighted by atomic mass is 32.1. The van der Waals surface area contributed by atoms with E-state index in [0.29, 0.717) is 19.8 Å². The summed E-state index contributed by atoms with van der Waals surface area (Å²) in [5.74, 6) is -0.390. The zero-order chi connectivity index (χ0) is 17.0. The molecule has 1 aromatic carbocycles. The highest BCUT2D eigenvalue weighted by Gasteiger charge is 2.26. The summed E-state index contributed by atoms with van der Waals surface area (Å²) < 4.78 is 3.86. The van der Waals surface area contributed by atoms with Crippen LogP contribution < -0.4 is 10.6 Å². The van der Waals surface area contributed by atoms with E-state index >= 15 is 0 Å². The summed E-state index contributed by atoms with van der Waals surface area (Å²) in [4.78, 5) is 16.9. The van der Waals surface area contributed by atoms with Gasteiger partial charge in [-0.1, -0.05) is 29.5 Å². The first-order valence-corrected chi connectivity index (χ1v) is 8.54. The van der Waals surface area contributed by atoms with Crippen LogP contribution in [0.4, 0.5) is 0 Å². The van der Waals surface area contributed by atoms with Crippen LogP contribution in [0.1, 0.15) is 16.3 Å². The van der Waals surface area contributed by atoms with Crippen LogP contribution in [0.5, 0.6) is 5.88 Å². The lowest BCUT2D eigenvalue weighted by Gasteiger charge is -2.11. The lowest BCUT2D eigenvalue weighted by molar-refractivity contribution is -0.112. The van der Waals surface area contributed by atoms with Crippen molar-refractivity contribution in [1.82, 2.24) is 9.35 Å². The zero-order valence-electron chi connectivity index (χ0n) is 13.0. The van der Waals surface area contributed by atoms with E-state index in [1.165, 1.54) is 11.3 Å². The molecule has 3 aromatic rings. The third kappa shape index (κ3) is 2.02. The van der Waals surface area contributed by atoms with Gasteiger partial charge in [-0.15, -0.1) is 0 Å². The number of aromatic hydroxyl groups is 1. The Hall–Kier alpha value is -2.51. The van der Waals surface area contributed by atoms with Crippen LogP contribution >= 0.6 is 23.6 Å². The van der Waals surface area contributed by atoms with E-state index in [2.05, 4.69) is 4.99 Å². The topological polar surface area (TPSA) is 59.5 Å². The molecule has 0 saturated carbocycles. The Morgan fingerprint density at radius 3 is 2.46 bits per heavy atom. The average molecular weight is 355 g/mol. The summed E-state index contributed by atoms with van der Waals surface area (Å²) >= 11 is 6.66. The summed E-state index contributed by atoms with van der Waals surface area (Å²) in [5, 5.41) is 12.2. The summed E-state index contributed by atoms with van der Waals surface area (Å²) in [5.41, 5.74) is 2.28. The number of para-hydroxylation sites is 1. The van der Waals surface area contributed by atoms with Crippen molar-refractivity contribution in [2.75, 3.05) is 0 Å². The molecular weight excluding hydrogens is 342 g/mol. The van der Waals surface area contributed by atoms with Gasteiger partial charge in [0.25, 0.3) is 5.91 Å². The Morgan fingerprint density at radius 1 is 1.08 bits per heavy atom. The molecule has 5 nitrogen and oxygen atoms in total. The molecule has 0 aliphatic carbocycles. The van der Waals surface area contributed by atoms with Gasteiger partial charge < -0.3 is 5.11 Å². The van der Waals surface area contributed by atoms with E-state index in [9.17, 15) is 9.90 Å². The molecule has 1 aliphatic rings. The molecule has 0 radical (unpaired) electrons. The van der Waals surface area contributed by atoms with Gasteiger partial charge in [-0.25, -0.2) is 4.99 Å². The molecule has 1 N–H and O–H groups in total. The number of nitrogens with zero attached hydrogens (tertiary/aromatic N) is 3. The third-order valence-corrected chi connectivity index (χ3v) is 5.40. The van der Waals surface area contributed by atoms with Gasteiger partial charge in [-0.3, -0.25) is 9.47 Å². The maximum absolute atomic E-state index is 12.4. The number of aryl methyl sites for hydroxylation is 2. The molecule has 2 aromatic heterocycles. The number of thiazole rings is 1. The SMILES string of the molecule is Cc1ccc(C)n1-n1c(O)c(C2=c3ccccc3=NC2=O)sc1=S. The normalized spacial score (nSPS) is 13.2. The molecule has 1 amide bonds. The van der Waals surface area contributed by atoms with Gasteiger partial charge in [0.05, 0.1) is 10.9 Å². The number of hydrogen-bond donors (Lipinski definition) is 1. The highest BCUT2D eigenvalue weighted by molar-refractivity contribution is 7.73. The number of benzene rings is 1. The van der Waals surface area contributed by atoms with E-state index in [1.807, 2.05) is 48.9 Å². The van der Waals surface area contributed by atoms with E-state index in [0.717, 1.165) is 16.6 Å². The molecule has 0 atom stereocenters. The van der Waals surface area contributed by atoms with Crippen molar-refractivity contribution in [2.24, 2.45) is 4.99 Å². The number of aromatic nitrogens is 2. The Balaban J connectivity index is 2.05. The Bertz CT molecular complexity index is 1160.